The molecule has 7 nitrogen and oxygen atoms in total. The van der Waals surface area contributed by atoms with Crippen LogP contribution in [-0.4, -0.2) is 38.0 Å². The Labute approximate surface area is 124 Å². The monoisotopic (exact) mass is 304 g/mol. The number of carboxylic acids is 1. The van der Waals surface area contributed by atoms with Gasteiger partial charge in [0.2, 0.25) is 0 Å². The van der Waals surface area contributed by atoms with Gasteiger partial charge in [0, 0.05) is 12.4 Å². The maximum Gasteiger partial charge on any atom is 0.326 e. The molecule has 1 saturated carbocycles. The van der Waals surface area contributed by atoms with Gasteiger partial charge >= 0.3 is 5.97 Å². The van der Waals surface area contributed by atoms with Gasteiger partial charge in [-0.2, -0.15) is 0 Å². The van der Waals surface area contributed by atoms with Crippen molar-refractivity contribution in [1.29, 1.82) is 0 Å². The van der Waals surface area contributed by atoms with Crippen LogP contribution in [0.5, 0.6) is 0 Å². The smallest absolute Gasteiger partial charge is 0.326 e. The van der Waals surface area contributed by atoms with Crippen LogP contribution >= 0.6 is 11.3 Å². The molecule has 0 aliphatic heterocycles. The van der Waals surface area contributed by atoms with E-state index in [1.807, 2.05) is 0 Å². The predicted molar refractivity (Wildman–Crippen MR) is 74.8 cm³/mol. The van der Waals surface area contributed by atoms with Crippen LogP contribution in [0.1, 0.15) is 22.5 Å². The number of hydrogen-bond donors (Lipinski definition) is 2. The summed E-state index contributed by atoms with van der Waals surface area (Å²) in [7, 11) is 0. The molecule has 2 N–H and O–H groups in total. The maximum atomic E-state index is 12.1. The first kappa shape index (κ1) is 13.6. The summed E-state index contributed by atoms with van der Waals surface area (Å²) in [6, 6.07) is 0.869. The van der Waals surface area contributed by atoms with Crippen molar-refractivity contribution in [3.8, 4) is 10.8 Å². The molecule has 1 atom stereocenters. The fourth-order valence-corrected chi connectivity index (χ4v) is 2.68. The highest BCUT2D eigenvalue weighted by Crippen LogP contribution is 2.33. The second-order valence-corrected chi connectivity index (χ2v) is 5.76. The van der Waals surface area contributed by atoms with E-state index in [0.29, 0.717) is 15.7 Å². The quantitative estimate of drug-likeness (QED) is 0.859. The molecule has 0 spiro atoms. The zero-order valence-corrected chi connectivity index (χ0v) is 11.7. The summed E-state index contributed by atoms with van der Waals surface area (Å²) in [4.78, 5) is 35.8. The summed E-state index contributed by atoms with van der Waals surface area (Å²) in [5.41, 5.74) is 0. The number of carboxylic acid groups (broad SMARTS) is 1. The van der Waals surface area contributed by atoms with Gasteiger partial charge in [0.25, 0.3) is 5.91 Å². The molecular weight excluding hydrogens is 292 g/mol. The lowest BCUT2D eigenvalue weighted by molar-refractivity contribution is -0.139. The zero-order chi connectivity index (χ0) is 14.8. The van der Waals surface area contributed by atoms with E-state index < -0.39 is 17.9 Å². The molecule has 0 aromatic carbocycles. The van der Waals surface area contributed by atoms with Crippen LogP contribution < -0.4 is 5.32 Å². The first-order valence-corrected chi connectivity index (χ1v) is 7.23. The first-order valence-electron chi connectivity index (χ1n) is 6.42. The molecule has 2 aromatic heterocycles. The van der Waals surface area contributed by atoms with Crippen molar-refractivity contribution in [2.75, 3.05) is 0 Å². The Morgan fingerprint density at radius 3 is 2.62 bits per heavy atom. The Morgan fingerprint density at radius 1 is 1.29 bits per heavy atom. The third-order valence-electron chi connectivity index (χ3n) is 3.13. The number of nitrogens with one attached hydrogen (secondary N) is 1. The van der Waals surface area contributed by atoms with E-state index in [1.54, 1.807) is 18.5 Å². The Balaban J connectivity index is 1.73. The number of thiazole rings is 1. The predicted octanol–water partition coefficient (Wildman–Crippen LogP) is 1.19. The topological polar surface area (TPSA) is 105 Å². The van der Waals surface area contributed by atoms with Crippen LogP contribution in [0.3, 0.4) is 0 Å². The lowest BCUT2D eigenvalue weighted by Crippen LogP contribution is -2.42. The molecule has 1 fully saturated rings. The number of aromatic nitrogens is 3. The first-order chi connectivity index (χ1) is 10.1. The summed E-state index contributed by atoms with van der Waals surface area (Å²) in [6.07, 6.45) is 6.28. The average molecular weight is 304 g/mol. The lowest BCUT2D eigenvalue weighted by Gasteiger charge is -2.12. The van der Waals surface area contributed by atoms with Gasteiger partial charge in [-0.3, -0.25) is 4.79 Å². The van der Waals surface area contributed by atoms with Gasteiger partial charge in [-0.25, -0.2) is 19.7 Å². The van der Waals surface area contributed by atoms with E-state index in [1.165, 1.54) is 6.20 Å². The van der Waals surface area contributed by atoms with Crippen molar-refractivity contribution < 1.29 is 14.7 Å². The fourth-order valence-electron chi connectivity index (χ4n) is 1.92. The summed E-state index contributed by atoms with van der Waals surface area (Å²) in [6.45, 7) is 0. The third kappa shape index (κ3) is 3.05. The molecule has 8 heteroatoms. The molecule has 0 saturated heterocycles. The van der Waals surface area contributed by atoms with Crippen LogP contribution in [0.15, 0.2) is 24.7 Å². The Kier molecular flexibility index (Phi) is 3.61. The maximum absolute atomic E-state index is 12.1. The SMILES string of the molecule is O=C(NC(C(=O)O)C1CC1)c1cnc(-c2ncccn2)s1. The molecule has 21 heavy (non-hydrogen) atoms. The van der Waals surface area contributed by atoms with Crippen molar-refractivity contribution in [3.05, 3.63) is 29.5 Å². The highest BCUT2D eigenvalue weighted by molar-refractivity contribution is 7.16. The van der Waals surface area contributed by atoms with Gasteiger partial charge in [-0.15, -0.1) is 11.3 Å². The lowest BCUT2D eigenvalue weighted by atomic mass is 10.2. The number of amides is 1. The van der Waals surface area contributed by atoms with Crippen molar-refractivity contribution in [2.24, 2.45) is 5.92 Å². The Hall–Kier alpha value is -2.35. The van der Waals surface area contributed by atoms with Gasteiger partial charge in [-0.05, 0) is 24.8 Å². The molecule has 2 aromatic rings. The molecular formula is C13H12N4O3S. The second-order valence-electron chi connectivity index (χ2n) is 4.73. The molecule has 108 valence electrons. The van der Waals surface area contributed by atoms with Gasteiger partial charge < -0.3 is 10.4 Å². The normalized spacial score (nSPS) is 15.4. The highest BCUT2D eigenvalue weighted by Gasteiger charge is 2.37. The van der Waals surface area contributed by atoms with Crippen LogP contribution in [0.4, 0.5) is 0 Å². The van der Waals surface area contributed by atoms with E-state index in [-0.39, 0.29) is 5.92 Å². The number of nitrogens with zero attached hydrogens (tertiary/aromatic N) is 3. The van der Waals surface area contributed by atoms with Gasteiger partial charge in [-0.1, -0.05) is 0 Å². The minimum absolute atomic E-state index is 0.0382. The van der Waals surface area contributed by atoms with Crippen LogP contribution in [-0.2, 0) is 4.79 Å². The van der Waals surface area contributed by atoms with Crippen molar-refractivity contribution in [1.82, 2.24) is 20.3 Å². The number of carbonyl (C=O) groups excluding carboxylic acids is 1. The van der Waals surface area contributed by atoms with Gasteiger partial charge in [0.1, 0.15) is 10.9 Å². The van der Waals surface area contributed by atoms with E-state index in [2.05, 4.69) is 20.3 Å². The van der Waals surface area contributed by atoms with Gasteiger partial charge in [0.05, 0.1) is 6.20 Å². The highest BCUT2D eigenvalue weighted by atomic mass is 32.1. The van der Waals surface area contributed by atoms with Crippen LogP contribution in [0.2, 0.25) is 0 Å². The summed E-state index contributed by atoms with van der Waals surface area (Å²) in [5, 5.41) is 12.2. The molecule has 3 rings (SSSR count). The number of carbonyl (C=O) groups is 2. The molecule has 1 aliphatic rings. The summed E-state index contributed by atoms with van der Waals surface area (Å²) < 4.78 is 0. The molecule has 1 aliphatic carbocycles. The average Bonchev–Trinajstić information content (AvgIpc) is 3.20. The second kappa shape index (κ2) is 5.57. The summed E-state index contributed by atoms with van der Waals surface area (Å²) >= 11 is 1.14. The van der Waals surface area contributed by atoms with Gasteiger partial charge in [0.15, 0.2) is 10.8 Å². The molecule has 1 amide bonds. The fraction of sp³-hybridized carbons (Fsp3) is 0.308. The number of rotatable bonds is 5. The molecule has 0 radical (unpaired) electrons. The minimum atomic E-state index is -0.998. The standard InChI is InChI=1S/C13H12N4O3S/c18-11(17-9(13(19)20)7-2-3-7)8-6-16-12(21-8)10-14-4-1-5-15-10/h1,4-7,9H,2-3H2,(H,17,18)(H,19,20). The molecule has 0 bridgehead atoms. The largest absolute Gasteiger partial charge is 0.480 e. The van der Waals surface area contributed by atoms with Crippen molar-refractivity contribution in [3.63, 3.8) is 0 Å². The summed E-state index contributed by atoms with van der Waals surface area (Å²) in [5.74, 6) is -0.939. The van der Waals surface area contributed by atoms with Crippen LogP contribution in [0.25, 0.3) is 10.8 Å². The zero-order valence-electron chi connectivity index (χ0n) is 10.9. The minimum Gasteiger partial charge on any atom is -0.480 e. The van der Waals surface area contributed by atoms with Crippen molar-refractivity contribution in [2.45, 2.75) is 18.9 Å². The van der Waals surface area contributed by atoms with E-state index in [4.69, 9.17) is 5.11 Å². The number of hydrogen-bond acceptors (Lipinski definition) is 6. The molecule has 2 heterocycles. The Bertz CT molecular complexity index is 669. The van der Waals surface area contributed by atoms with Crippen LogP contribution in [0, 0.1) is 5.92 Å². The van der Waals surface area contributed by atoms with E-state index in [9.17, 15) is 9.59 Å². The van der Waals surface area contributed by atoms with Crippen molar-refractivity contribution >= 4 is 23.2 Å². The Morgan fingerprint density at radius 2 is 2.00 bits per heavy atom. The van der Waals surface area contributed by atoms with E-state index in [0.717, 1.165) is 24.2 Å². The number of aliphatic carboxylic acids is 1. The third-order valence-corrected chi connectivity index (χ3v) is 4.12. The molecule has 1 unspecified atom stereocenters. The van der Waals surface area contributed by atoms with E-state index >= 15 is 0 Å².